The van der Waals surface area contributed by atoms with Crippen molar-refractivity contribution in [2.24, 2.45) is 0 Å². The number of unbranched alkanes of at least 4 members (excludes halogenated alkanes) is 1. The van der Waals surface area contributed by atoms with Gasteiger partial charge in [0.1, 0.15) is 28.2 Å². The second-order valence-corrected chi connectivity index (χ2v) is 8.46. The van der Waals surface area contributed by atoms with E-state index in [9.17, 15) is 0 Å². The Balaban J connectivity index is 1.54. The van der Waals surface area contributed by atoms with Crippen molar-refractivity contribution in [2.45, 2.75) is 25.2 Å². The number of aromatic nitrogens is 6. The molecule has 3 heterocycles. The molecule has 1 aromatic carbocycles. The second-order valence-electron chi connectivity index (χ2n) is 7.31. The van der Waals surface area contributed by atoms with Gasteiger partial charge in [0.15, 0.2) is 0 Å². The lowest BCUT2D eigenvalue weighted by molar-refractivity contribution is 0.413. The number of methoxy groups -OCH3 is 1. The van der Waals surface area contributed by atoms with Crippen molar-refractivity contribution in [1.29, 1.82) is 0 Å². The lowest BCUT2D eigenvalue weighted by atomic mass is 9.94. The summed E-state index contributed by atoms with van der Waals surface area (Å²) in [7, 11) is 1.61. The number of aromatic amines is 1. The van der Waals surface area contributed by atoms with E-state index in [4.69, 9.17) is 39.5 Å². The Morgan fingerprint density at radius 3 is 2.70 bits per heavy atom. The highest BCUT2D eigenvalue weighted by molar-refractivity contribution is 6.29. The normalized spacial score (nSPS) is 12.0. The summed E-state index contributed by atoms with van der Waals surface area (Å²) in [4.78, 5) is 12.9. The van der Waals surface area contributed by atoms with Gasteiger partial charge in [0.2, 0.25) is 5.95 Å². The topological polar surface area (TPSA) is 93.5 Å². The number of pyridine rings is 1. The standard InChI is InChI=1S/C22H22Cl3N7O/c1-33-18-10-15(6-7-17(18)32-12-20(25)27-13-32)28-22-29-21(30-31-22)16(4-2-3-9-23)14-5-8-19(24)26-11-14/h5-8,10-13,16H,2-4,9H2,1H3,(H2,28,29,30,31). The van der Waals surface area contributed by atoms with Gasteiger partial charge in [-0.3, -0.25) is 5.10 Å². The molecular weight excluding hydrogens is 485 g/mol. The monoisotopic (exact) mass is 505 g/mol. The predicted octanol–water partition coefficient (Wildman–Crippen LogP) is 5.99. The molecule has 0 aliphatic rings. The molecule has 0 bridgehead atoms. The van der Waals surface area contributed by atoms with Gasteiger partial charge in [-0.05, 0) is 36.6 Å². The summed E-state index contributed by atoms with van der Waals surface area (Å²) >= 11 is 17.8. The van der Waals surface area contributed by atoms with Gasteiger partial charge in [0.25, 0.3) is 0 Å². The molecule has 0 amide bonds. The molecule has 0 fully saturated rings. The average Bonchev–Trinajstić information content (AvgIpc) is 3.46. The first kappa shape index (κ1) is 23.4. The lowest BCUT2D eigenvalue weighted by Crippen LogP contribution is -2.05. The van der Waals surface area contributed by atoms with E-state index in [1.54, 1.807) is 36.5 Å². The first-order chi connectivity index (χ1) is 16.1. The van der Waals surface area contributed by atoms with Gasteiger partial charge in [-0.15, -0.1) is 16.7 Å². The fraction of sp³-hybridized carbons (Fsp3) is 0.273. The smallest absolute Gasteiger partial charge is 0.246 e. The van der Waals surface area contributed by atoms with Gasteiger partial charge >= 0.3 is 0 Å². The Morgan fingerprint density at radius 2 is 2.00 bits per heavy atom. The van der Waals surface area contributed by atoms with Crippen LogP contribution < -0.4 is 10.1 Å². The van der Waals surface area contributed by atoms with Gasteiger partial charge in [0, 0.05) is 35.9 Å². The fourth-order valence-corrected chi connectivity index (χ4v) is 3.96. The van der Waals surface area contributed by atoms with E-state index in [2.05, 4.69) is 30.5 Å². The van der Waals surface area contributed by atoms with Crippen molar-refractivity contribution in [2.75, 3.05) is 18.3 Å². The number of halogens is 3. The van der Waals surface area contributed by atoms with E-state index in [-0.39, 0.29) is 5.92 Å². The minimum absolute atomic E-state index is 0.00364. The first-order valence-electron chi connectivity index (χ1n) is 10.3. The maximum Gasteiger partial charge on any atom is 0.246 e. The molecule has 4 rings (SSSR count). The van der Waals surface area contributed by atoms with Crippen LogP contribution in [0.5, 0.6) is 5.75 Å². The van der Waals surface area contributed by atoms with Crippen LogP contribution in [0.2, 0.25) is 10.3 Å². The SMILES string of the molecule is COc1cc(Nc2n[nH]c(C(CCCCCl)c3ccc(Cl)nc3)n2)ccc1-n1cnc(Cl)c1. The molecule has 2 N–H and O–H groups in total. The zero-order valence-electron chi connectivity index (χ0n) is 17.8. The molecule has 1 unspecified atom stereocenters. The summed E-state index contributed by atoms with van der Waals surface area (Å²) in [6.45, 7) is 0. The van der Waals surface area contributed by atoms with Crippen molar-refractivity contribution in [3.8, 4) is 11.4 Å². The maximum atomic E-state index is 5.96. The third kappa shape index (κ3) is 5.76. The van der Waals surface area contributed by atoms with Crippen molar-refractivity contribution < 1.29 is 4.74 Å². The van der Waals surface area contributed by atoms with Crippen LogP contribution in [0.25, 0.3) is 5.69 Å². The highest BCUT2D eigenvalue weighted by Gasteiger charge is 2.19. The Bertz CT molecular complexity index is 1190. The number of ether oxygens (including phenoxy) is 1. The molecule has 0 spiro atoms. The third-order valence-corrected chi connectivity index (χ3v) is 5.81. The number of hydrogen-bond donors (Lipinski definition) is 2. The molecular formula is C22H22Cl3N7O. The maximum absolute atomic E-state index is 5.96. The zero-order valence-corrected chi connectivity index (χ0v) is 20.1. The Hall–Kier alpha value is -2.81. The number of nitrogens with zero attached hydrogens (tertiary/aromatic N) is 5. The number of nitrogens with one attached hydrogen (secondary N) is 2. The van der Waals surface area contributed by atoms with E-state index in [0.29, 0.717) is 27.9 Å². The largest absolute Gasteiger partial charge is 0.494 e. The van der Waals surface area contributed by atoms with Gasteiger partial charge in [0.05, 0.1) is 12.8 Å². The van der Waals surface area contributed by atoms with Crippen LogP contribution in [0.3, 0.4) is 0 Å². The minimum Gasteiger partial charge on any atom is -0.494 e. The highest BCUT2D eigenvalue weighted by Crippen LogP contribution is 2.31. The Labute approximate surface area is 206 Å². The van der Waals surface area contributed by atoms with E-state index in [1.807, 2.05) is 24.3 Å². The van der Waals surface area contributed by atoms with Crippen LogP contribution in [0.1, 0.15) is 36.6 Å². The van der Waals surface area contributed by atoms with Crippen LogP contribution in [0.4, 0.5) is 11.6 Å². The van der Waals surface area contributed by atoms with Gasteiger partial charge in [-0.1, -0.05) is 35.7 Å². The summed E-state index contributed by atoms with van der Waals surface area (Å²) in [5.41, 5.74) is 2.61. The van der Waals surface area contributed by atoms with Crippen molar-refractivity contribution in [3.05, 3.63) is 70.7 Å². The summed E-state index contributed by atoms with van der Waals surface area (Å²) < 4.78 is 7.34. The number of benzene rings is 1. The number of rotatable bonds is 10. The molecule has 0 radical (unpaired) electrons. The minimum atomic E-state index is 0.00364. The molecule has 11 heteroatoms. The second kappa shape index (κ2) is 10.9. The predicted molar refractivity (Wildman–Crippen MR) is 130 cm³/mol. The van der Waals surface area contributed by atoms with E-state index in [1.165, 1.54) is 0 Å². The third-order valence-electron chi connectivity index (χ3n) is 5.13. The number of hydrogen-bond acceptors (Lipinski definition) is 6. The Morgan fingerprint density at radius 1 is 1.12 bits per heavy atom. The molecule has 172 valence electrons. The molecule has 8 nitrogen and oxygen atoms in total. The summed E-state index contributed by atoms with van der Waals surface area (Å²) in [5.74, 6) is 2.47. The molecule has 0 saturated heterocycles. The van der Waals surface area contributed by atoms with Crippen LogP contribution in [-0.4, -0.2) is 42.7 Å². The molecule has 0 saturated carbocycles. The van der Waals surface area contributed by atoms with Crippen molar-refractivity contribution in [1.82, 2.24) is 29.7 Å². The molecule has 1 atom stereocenters. The van der Waals surface area contributed by atoms with Crippen LogP contribution in [-0.2, 0) is 0 Å². The van der Waals surface area contributed by atoms with Crippen molar-refractivity contribution in [3.63, 3.8) is 0 Å². The molecule has 4 aromatic rings. The quantitative estimate of drug-likeness (QED) is 0.156. The average molecular weight is 507 g/mol. The number of anilines is 2. The number of H-pyrrole nitrogens is 1. The van der Waals surface area contributed by atoms with E-state index < -0.39 is 0 Å². The van der Waals surface area contributed by atoms with Crippen molar-refractivity contribution >= 4 is 46.4 Å². The molecule has 3 aromatic heterocycles. The summed E-state index contributed by atoms with van der Waals surface area (Å²) in [6, 6.07) is 9.41. The number of alkyl halides is 1. The van der Waals surface area contributed by atoms with E-state index >= 15 is 0 Å². The first-order valence-corrected chi connectivity index (χ1v) is 11.6. The number of imidazole rings is 1. The molecule has 0 aliphatic carbocycles. The van der Waals surface area contributed by atoms with Gasteiger partial charge in [-0.25, -0.2) is 9.97 Å². The summed E-state index contributed by atoms with van der Waals surface area (Å²) in [6.07, 6.45) is 7.86. The van der Waals surface area contributed by atoms with Crippen LogP contribution >= 0.6 is 34.8 Å². The Kier molecular flexibility index (Phi) is 7.69. The zero-order chi connectivity index (χ0) is 23.2. The van der Waals surface area contributed by atoms with Crippen LogP contribution in [0.15, 0.2) is 49.1 Å². The highest BCUT2D eigenvalue weighted by atomic mass is 35.5. The molecule has 33 heavy (non-hydrogen) atoms. The van der Waals surface area contributed by atoms with E-state index in [0.717, 1.165) is 42.0 Å². The molecule has 0 aliphatic heterocycles. The lowest BCUT2D eigenvalue weighted by Gasteiger charge is -2.14. The fourth-order valence-electron chi connectivity index (χ4n) is 3.51. The van der Waals surface area contributed by atoms with Gasteiger partial charge < -0.3 is 14.6 Å². The van der Waals surface area contributed by atoms with Gasteiger partial charge in [-0.2, -0.15) is 4.98 Å². The summed E-state index contributed by atoms with van der Waals surface area (Å²) in [5, 5.41) is 11.5. The van der Waals surface area contributed by atoms with Crippen LogP contribution in [0, 0.1) is 0 Å².